The largest absolute Gasteiger partial charge is 0.0636 e. The van der Waals surface area contributed by atoms with Gasteiger partial charge in [0.05, 0.1) is 9.60 Å². The molecule has 0 radical (unpaired) electrons. The SMILES string of the molecule is [2H]c1c([2H])c([2H])c2c(-c3cc4ccccc4c4ccccc34)c3c([2H])c([2H])c(-c4cccc5ccccc45)c([2H])c3c(-c3ccc4ccccc4c3)c2c1[2H]. The molecule has 0 aliphatic heterocycles. The van der Waals surface area contributed by atoms with Crippen LogP contribution in [0.4, 0.5) is 0 Å². The van der Waals surface area contributed by atoms with Gasteiger partial charge in [0, 0.05) is 0 Å². The minimum Gasteiger partial charge on any atom is -0.0616 e. The van der Waals surface area contributed by atoms with E-state index in [4.69, 9.17) is 2.74 Å². The van der Waals surface area contributed by atoms with Crippen molar-refractivity contribution in [2.75, 3.05) is 0 Å². The van der Waals surface area contributed by atoms with Crippen molar-refractivity contribution in [1.29, 1.82) is 0 Å². The highest BCUT2D eigenvalue weighted by molar-refractivity contribution is 6.26. The van der Waals surface area contributed by atoms with Crippen molar-refractivity contribution in [1.82, 2.24) is 0 Å². The minimum atomic E-state index is -0.385. The molecule has 0 bridgehead atoms. The third-order valence-electron chi connectivity index (χ3n) is 9.63. The first-order valence-electron chi connectivity index (χ1n) is 19.6. The van der Waals surface area contributed by atoms with Crippen LogP contribution >= 0.6 is 0 Å². The zero-order chi connectivity index (χ0) is 37.7. The highest BCUT2D eigenvalue weighted by Gasteiger charge is 2.20. The zero-order valence-electron chi connectivity index (χ0n) is 32.8. The maximum atomic E-state index is 10.2. The van der Waals surface area contributed by atoms with Crippen LogP contribution in [0.3, 0.4) is 0 Å². The van der Waals surface area contributed by atoms with Gasteiger partial charge in [0.1, 0.15) is 0 Å². The summed E-state index contributed by atoms with van der Waals surface area (Å²) in [5, 5.41) is 8.65. The molecule has 222 valence electrons. The van der Waals surface area contributed by atoms with Crippen LogP contribution in [0.2, 0.25) is 0 Å². The Labute approximate surface area is 289 Å². The van der Waals surface area contributed by atoms with Gasteiger partial charge in [-0.3, -0.25) is 0 Å². The molecular weight excluding hydrogens is 577 g/mol. The molecule has 48 heavy (non-hydrogen) atoms. The summed E-state index contributed by atoms with van der Waals surface area (Å²) in [7, 11) is 0. The molecule has 10 rings (SSSR count). The number of hydrogen-bond donors (Lipinski definition) is 0. The summed E-state index contributed by atoms with van der Waals surface area (Å²) < 4.78 is 66.9. The molecule has 0 aliphatic rings. The topological polar surface area (TPSA) is 0 Å². The highest BCUT2D eigenvalue weighted by atomic mass is 14.2. The Bertz CT molecular complexity index is 3290. The lowest BCUT2D eigenvalue weighted by molar-refractivity contribution is 1.66. The quantitative estimate of drug-likeness (QED) is 0.137. The van der Waals surface area contributed by atoms with E-state index in [-0.39, 0.29) is 53.1 Å². The summed E-state index contributed by atoms with van der Waals surface area (Å²) in [6, 6.07) is 44.0. The summed E-state index contributed by atoms with van der Waals surface area (Å²) in [6.07, 6.45) is 0. The van der Waals surface area contributed by atoms with Crippen LogP contribution in [0.5, 0.6) is 0 Å². The van der Waals surface area contributed by atoms with E-state index < -0.39 is 0 Å². The third-order valence-corrected chi connectivity index (χ3v) is 9.63. The van der Waals surface area contributed by atoms with Crippen molar-refractivity contribution >= 4 is 64.6 Å². The Morgan fingerprint density at radius 1 is 0.312 bits per heavy atom. The predicted molar refractivity (Wildman–Crippen MR) is 208 cm³/mol. The van der Waals surface area contributed by atoms with Gasteiger partial charge in [0.25, 0.3) is 0 Å². The minimum absolute atomic E-state index is 0.0242. The number of benzene rings is 10. The lowest BCUT2D eigenvalue weighted by Gasteiger charge is -2.21. The van der Waals surface area contributed by atoms with Crippen molar-refractivity contribution in [2.45, 2.75) is 0 Å². The van der Waals surface area contributed by atoms with Crippen LogP contribution in [-0.2, 0) is 0 Å². The highest BCUT2D eigenvalue weighted by Crippen LogP contribution is 2.48. The van der Waals surface area contributed by atoms with Crippen molar-refractivity contribution in [3.05, 3.63) is 182 Å². The second kappa shape index (κ2) is 10.7. The van der Waals surface area contributed by atoms with E-state index in [0.29, 0.717) is 44.2 Å². The standard InChI is InChI=1S/C48H30/c1-2-14-33-28-36(25-24-31(33)12-1)47-42-21-9-10-22-43(42)48(45-29-34-15-4-6-18-39(34)40-19-7-8-20-41(40)45)44-27-26-35(30-46(44)47)38-23-11-16-32-13-3-5-17-37(32)38/h1-30H/i9D,10D,21D,22D,26D,27D,30D. The molecule has 0 aliphatic carbocycles. The van der Waals surface area contributed by atoms with E-state index in [1.807, 2.05) is 133 Å². The van der Waals surface area contributed by atoms with E-state index >= 15 is 0 Å². The zero-order valence-corrected chi connectivity index (χ0v) is 25.8. The molecule has 0 unspecified atom stereocenters. The van der Waals surface area contributed by atoms with Crippen LogP contribution in [0.1, 0.15) is 9.60 Å². The molecule has 0 atom stereocenters. The fourth-order valence-corrected chi connectivity index (χ4v) is 7.46. The number of hydrogen-bond acceptors (Lipinski definition) is 0. The molecule has 0 nitrogen and oxygen atoms in total. The number of fused-ring (bicyclic) bond motifs is 7. The lowest BCUT2D eigenvalue weighted by Crippen LogP contribution is -1.93. The maximum absolute atomic E-state index is 10.2. The van der Waals surface area contributed by atoms with E-state index in [1.165, 1.54) is 0 Å². The Morgan fingerprint density at radius 3 is 1.77 bits per heavy atom. The molecular formula is C48H30. The number of rotatable bonds is 3. The molecule has 0 heterocycles. The van der Waals surface area contributed by atoms with Crippen molar-refractivity contribution in [2.24, 2.45) is 0 Å². The average molecular weight is 614 g/mol. The van der Waals surface area contributed by atoms with Crippen molar-refractivity contribution in [3.63, 3.8) is 0 Å². The van der Waals surface area contributed by atoms with Gasteiger partial charge in [-0.25, -0.2) is 0 Å². The molecule has 0 heteroatoms. The van der Waals surface area contributed by atoms with E-state index in [1.54, 1.807) is 0 Å². The molecule has 10 aromatic carbocycles. The summed E-state index contributed by atoms with van der Waals surface area (Å²) in [5.74, 6) is 0. The second-order valence-electron chi connectivity index (χ2n) is 12.3. The Hall–Kier alpha value is -6.24. The monoisotopic (exact) mass is 613 g/mol. The lowest BCUT2D eigenvalue weighted by atomic mass is 9.82. The fraction of sp³-hybridized carbons (Fsp3) is 0. The van der Waals surface area contributed by atoms with Gasteiger partial charge in [0.2, 0.25) is 0 Å². The normalized spacial score (nSPS) is 13.8. The average Bonchev–Trinajstić information content (AvgIpc) is 3.22. The van der Waals surface area contributed by atoms with E-state index in [9.17, 15) is 6.85 Å². The van der Waals surface area contributed by atoms with E-state index in [2.05, 4.69) is 6.07 Å². The van der Waals surface area contributed by atoms with Crippen molar-refractivity contribution < 1.29 is 9.60 Å². The van der Waals surface area contributed by atoms with Crippen LogP contribution in [-0.4, -0.2) is 0 Å². The summed E-state index contributed by atoms with van der Waals surface area (Å²) in [6.45, 7) is 0. The van der Waals surface area contributed by atoms with Gasteiger partial charge >= 0.3 is 0 Å². The van der Waals surface area contributed by atoms with Gasteiger partial charge in [0.15, 0.2) is 0 Å². The summed E-state index contributed by atoms with van der Waals surface area (Å²) in [5.41, 5.74) is 3.14. The Balaban J connectivity index is 1.52. The Kier molecular flexibility index (Phi) is 4.62. The smallest absolute Gasteiger partial charge is 0.0616 e. The second-order valence-corrected chi connectivity index (χ2v) is 12.3. The van der Waals surface area contributed by atoms with Crippen LogP contribution < -0.4 is 0 Å². The summed E-state index contributed by atoms with van der Waals surface area (Å²) in [4.78, 5) is 0. The first-order chi connectivity index (χ1) is 26.7. The van der Waals surface area contributed by atoms with Crippen LogP contribution in [0.25, 0.3) is 98.0 Å². The van der Waals surface area contributed by atoms with Gasteiger partial charge in [-0.1, -0.05) is 164 Å². The van der Waals surface area contributed by atoms with Gasteiger partial charge < -0.3 is 0 Å². The van der Waals surface area contributed by atoms with Gasteiger partial charge in [-0.2, -0.15) is 0 Å². The first kappa shape index (κ1) is 20.8. The van der Waals surface area contributed by atoms with Crippen molar-refractivity contribution in [3.8, 4) is 33.4 Å². The molecule has 0 N–H and O–H groups in total. The maximum Gasteiger partial charge on any atom is 0.0636 e. The van der Waals surface area contributed by atoms with Gasteiger partial charge in [-0.05, 0) is 116 Å². The Morgan fingerprint density at radius 2 is 0.938 bits per heavy atom. The van der Waals surface area contributed by atoms with Crippen LogP contribution in [0.15, 0.2) is 182 Å². The predicted octanol–water partition coefficient (Wildman–Crippen LogP) is 13.6. The first-order valence-corrected chi connectivity index (χ1v) is 16.1. The molecule has 0 amide bonds. The fourth-order valence-electron chi connectivity index (χ4n) is 7.46. The molecule has 10 aromatic rings. The summed E-state index contributed by atoms with van der Waals surface area (Å²) >= 11 is 0. The van der Waals surface area contributed by atoms with E-state index in [0.717, 1.165) is 43.1 Å². The molecule has 0 aromatic heterocycles. The molecule has 0 spiro atoms. The van der Waals surface area contributed by atoms with Crippen LogP contribution in [0, 0.1) is 0 Å². The molecule has 0 fully saturated rings. The molecule has 0 saturated carbocycles. The third kappa shape index (κ3) is 4.10. The van der Waals surface area contributed by atoms with Gasteiger partial charge in [-0.15, -0.1) is 0 Å². The molecule has 0 saturated heterocycles.